The van der Waals surface area contributed by atoms with Crippen molar-refractivity contribution in [2.24, 2.45) is 5.84 Å². The molecule has 0 saturated carbocycles. The summed E-state index contributed by atoms with van der Waals surface area (Å²) in [5.41, 5.74) is 2.70. The molecule has 2 aromatic rings. The van der Waals surface area contributed by atoms with Gasteiger partial charge >= 0.3 is 6.03 Å². The smallest absolute Gasteiger partial charge is 0.320 e. The second-order valence-corrected chi connectivity index (χ2v) is 5.77. The van der Waals surface area contributed by atoms with Gasteiger partial charge in [0.2, 0.25) is 0 Å². The van der Waals surface area contributed by atoms with Crippen LogP contribution in [0.15, 0.2) is 48.5 Å². The molecule has 3 rings (SSSR count). The highest BCUT2D eigenvalue weighted by molar-refractivity contribution is 6.07. The van der Waals surface area contributed by atoms with Crippen LogP contribution in [-0.4, -0.2) is 19.0 Å². The van der Waals surface area contributed by atoms with E-state index in [4.69, 9.17) is 5.84 Å². The number of hydrazine groups is 1. The van der Waals surface area contributed by atoms with Crippen LogP contribution in [-0.2, 0) is 10.3 Å². The number of imide groups is 1. The fourth-order valence-electron chi connectivity index (χ4n) is 2.63. The number of nitrogens with zero attached hydrogens (tertiary/aromatic N) is 1. The standard InChI is InChI=1S/C17H18N4O2/c1-17(15(22)19-16(23)20-17)13-7-3-11(4-8-13)12-5-9-14(10-6-12)21(2)18/h3-10H,18H2,1-2H3,(H2,19,20,22,23)/t17-/m0/s1. The summed E-state index contributed by atoms with van der Waals surface area (Å²) < 4.78 is 0. The predicted octanol–water partition coefficient (Wildman–Crippen LogP) is 1.72. The second kappa shape index (κ2) is 5.40. The number of nitrogens with one attached hydrogen (secondary N) is 2. The Hall–Kier alpha value is -2.86. The van der Waals surface area contributed by atoms with Crippen molar-refractivity contribution in [3.05, 3.63) is 54.1 Å². The van der Waals surface area contributed by atoms with E-state index in [2.05, 4.69) is 10.6 Å². The van der Waals surface area contributed by atoms with Gasteiger partial charge in [-0.15, -0.1) is 0 Å². The number of urea groups is 1. The first-order valence-electron chi connectivity index (χ1n) is 7.23. The zero-order valence-corrected chi connectivity index (χ0v) is 13.0. The maximum Gasteiger partial charge on any atom is 0.322 e. The summed E-state index contributed by atoms with van der Waals surface area (Å²) in [6.45, 7) is 1.69. The molecule has 1 saturated heterocycles. The second-order valence-electron chi connectivity index (χ2n) is 5.77. The summed E-state index contributed by atoms with van der Waals surface area (Å²) in [4.78, 5) is 23.3. The SMILES string of the molecule is CN(N)c1ccc(-c2ccc([C@]3(C)NC(=O)NC3=O)cc2)cc1. The Bertz CT molecular complexity index is 753. The van der Waals surface area contributed by atoms with E-state index < -0.39 is 11.6 Å². The van der Waals surface area contributed by atoms with Gasteiger partial charge in [0, 0.05) is 7.05 Å². The zero-order chi connectivity index (χ0) is 16.6. The van der Waals surface area contributed by atoms with Crippen LogP contribution >= 0.6 is 0 Å². The first kappa shape index (κ1) is 15.1. The highest BCUT2D eigenvalue weighted by atomic mass is 16.2. The van der Waals surface area contributed by atoms with Crippen molar-refractivity contribution in [2.45, 2.75) is 12.5 Å². The van der Waals surface area contributed by atoms with Gasteiger partial charge in [0.05, 0.1) is 5.69 Å². The molecule has 6 heteroatoms. The Morgan fingerprint density at radius 2 is 1.48 bits per heavy atom. The van der Waals surface area contributed by atoms with Crippen molar-refractivity contribution in [3.8, 4) is 11.1 Å². The Balaban J connectivity index is 1.88. The van der Waals surface area contributed by atoms with Crippen LogP contribution in [0.1, 0.15) is 12.5 Å². The number of amides is 3. The van der Waals surface area contributed by atoms with Crippen molar-refractivity contribution in [1.29, 1.82) is 0 Å². The fourth-order valence-corrected chi connectivity index (χ4v) is 2.63. The topological polar surface area (TPSA) is 87.5 Å². The summed E-state index contributed by atoms with van der Waals surface area (Å²) in [6, 6.07) is 14.9. The summed E-state index contributed by atoms with van der Waals surface area (Å²) in [7, 11) is 1.78. The Morgan fingerprint density at radius 3 is 1.91 bits per heavy atom. The van der Waals surface area contributed by atoms with Gasteiger partial charge in [0.25, 0.3) is 5.91 Å². The first-order chi connectivity index (χ1) is 10.9. The number of rotatable bonds is 3. The van der Waals surface area contributed by atoms with E-state index in [9.17, 15) is 9.59 Å². The third-order valence-corrected chi connectivity index (χ3v) is 4.11. The minimum Gasteiger partial charge on any atom is -0.320 e. The normalized spacial score (nSPS) is 20.1. The molecule has 118 valence electrons. The van der Waals surface area contributed by atoms with E-state index in [0.717, 1.165) is 22.4 Å². The minimum absolute atomic E-state index is 0.342. The molecule has 1 aliphatic rings. The van der Waals surface area contributed by atoms with Gasteiger partial charge in [-0.25, -0.2) is 10.6 Å². The number of carbonyl (C=O) groups excluding carboxylic acids is 2. The molecule has 1 fully saturated rings. The maximum absolute atomic E-state index is 12.0. The number of hydrogen-bond donors (Lipinski definition) is 3. The van der Waals surface area contributed by atoms with E-state index in [1.807, 2.05) is 48.5 Å². The summed E-state index contributed by atoms with van der Waals surface area (Å²) in [6.07, 6.45) is 0. The van der Waals surface area contributed by atoms with Gasteiger partial charge in [-0.2, -0.15) is 0 Å². The average molecular weight is 310 g/mol. The largest absolute Gasteiger partial charge is 0.322 e. The van der Waals surface area contributed by atoms with Crippen LogP contribution in [0.25, 0.3) is 11.1 Å². The van der Waals surface area contributed by atoms with E-state index in [1.54, 1.807) is 19.0 Å². The van der Waals surface area contributed by atoms with Crippen LogP contribution < -0.4 is 21.5 Å². The van der Waals surface area contributed by atoms with Crippen molar-refractivity contribution < 1.29 is 9.59 Å². The zero-order valence-electron chi connectivity index (χ0n) is 13.0. The molecular weight excluding hydrogens is 292 g/mol. The fraction of sp³-hybridized carbons (Fsp3) is 0.176. The van der Waals surface area contributed by atoms with Crippen molar-refractivity contribution in [1.82, 2.24) is 10.6 Å². The molecule has 4 N–H and O–H groups in total. The van der Waals surface area contributed by atoms with Crippen molar-refractivity contribution >= 4 is 17.6 Å². The third kappa shape index (κ3) is 2.64. The molecule has 0 bridgehead atoms. The molecule has 0 radical (unpaired) electrons. The van der Waals surface area contributed by atoms with Gasteiger partial charge in [-0.1, -0.05) is 36.4 Å². The lowest BCUT2D eigenvalue weighted by Crippen LogP contribution is -2.40. The number of hydrogen-bond acceptors (Lipinski definition) is 4. The number of anilines is 1. The van der Waals surface area contributed by atoms with Crippen LogP contribution in [0.2, 0.25) is 0 Å². The Labute approximate surface area is 134 Å². The van der Waals surface area contributed by atoms with Crippen LogP contribution in [0.3, 0.4) is 0 Å². The third-order valence-electron chi connectivity index (χ3n) is 4.11. The average Bonchev–Trinajstić information content (AvgIpc) is 2.81. The van der Waals surface area contributed by atoms with Gasteiger partial charge < -0.3 is 10.3 Å². The summed E-state index contributed by atoms with van der Waals surface area (Å²) in [5.74, 6) is 5.35. The van der Waals surface area contributed by atoms with E-state index >= 15 is 0 Å². The lowest BCUT2D eigenvalue weighted by molar-refractivity contribution is -0.123. The van der Waals surface area contributed by atoms with E-state index in [1.165, 1.54) is 0 Å². The number of benzene rings is 2. The number of carbonyl (C=O) groups is 2. The van der Waals surface area contributed by atoms with E-state index in [0.29, 0.717) is 0 Å². The van der Waals surface area contributed by atoms with Gasteiger partial charge in [0.15, 0.2) is 0 Å². The molecule has 23 heavy (non-hydrogen) atoms. The van der Waals surface area contributed by atoms with Crippen molar-refractivity contribution in [3.63, 3.8) is 0 Å². The van der Waals surface area contributed by atoms with Gasteiger partial charge in [-0.3, -0.25) is 10.1 Å². The maximum atomic E-state index is 12.0. The molecule has 0 aromatic heterocycles. The lowest BCUT2D eigenvalue weighted by Gasteiger charge is -2.21. The Morgan fingerprint density at radius 1 is 0.957 bits per heavy atom. The Kier molecular flexibility index (Phi) is 3.54. The lowest BCUT2D eigenvalue weighted by atomic mass is 9.91. The van der Waals surface area contributed by atoms with E-state index in [-0.39, 0.29) is 5.91 Å². The van der Waals surface area contributed by atoms with Crippen LogP contribution in [0.4, 0.5) is 10.5 Å². The predicted molar refractivity (Wildman–Crippen MR) is 88.5 cm³/mol. The molecule has 6 nitrogen and oxygen atoms in total. The van der Waals surface area contributed by atoms with Crippen molar-refractivity contribution in [2.75, 3.05) is 12.1 Å². The molecular formula is C17H18N4O2. The molecule has 2 aromatic carbocycles. The molecule has 0 spiro atoms. The minimum atomic E-state index is -1.03. The van der Waals surface area contributed by atoms with Gasteiger partial charge in [-0.05, 0) is 35.7 Å². The summed E-state index contributed by atoms with van der Waals surface area (Å²) >= 11 is 0. The first-order valence-corrected chi connectivity index (χ1v) is 7.23. The molecule has 0 unspecified atom stereocenters. The molecule has 1 aliphatic heterocycles. The highest BCUT2D eigenvalue weighted by Gasteiger charge is 2.43. The molecule has 3 amide bonds. The quantitative estimate of drug-likeness (QED) is 0.457. The molecule has 1 heterocycles. The van der Waals surface area contributed by atoms with Crippen LogP contribution in [0.5, 0.6) is 0 Å². The van der Waals surface area contributed by atoms with Gasteiger partial charge in [0.1, 0.15) is 5.54 Å². The molecule has 0 aliphatic carbocycles. The monoisotopic (exact) mass is 310 g/mol. The number of nitrogens with two attached hydrogens (primary N) is 1. The summed E-state index contributed by atoms with van der Waals surface area (Å²) in [5, 5.41) is 6.47. The molecule has 1 atom stereocenters. The van der Waals surface area contributed by atoms with Crippen LogP contribution in [0, 0.1) is 0 Å². The highest BCUT2D eigenvalue weighted by Crippen LogP contribution is 2.28.